The van der Waals surface area contributed by atoms with E-state index in [2.05, 4.69) is 47.6 Å². The van der Waals surface area contributed by atoms with E-state index >= 15 is 0 Å². The van der Waals surface area contributed by atoms with Crippen LogP contribution in [0.5, 0.6) is 0 Å². The molecule has 0 aromatic rings. The Labute approximate surface area is 235 Å². The first-order valence-corrected chi connectivity index (χ1v) is 15.1. The summed E-state index contributed by atoms with van der Waals surface area (Å²) in [6, 6.07) is 2.39. The molecule has 4 saturated carbocycles. The van der Waals surface area contributed by atoms with E-state index < -0.39 is 27.1 Å². The van der Waals surface area contributed by atoms with Crippen LogP contribution < -0.4 is 0 Å². The van der Waals surface area contributed by atoms with Gasteiger partial charge in [-0.25, -0.2) is 0 Å². The molecule has 0 radical (unpaired) electrons. The number of fused-ring (bicyclic) bond motifs is 7. The molecule has 0 aliphatic heterocycles. The number of rotatable bonds is 1. The van der Waals surface area contributed by atoms with Crippen molar-refractivity contribution in [2.45, 2.75) is 114 Å². The van der Waals surface area contributed by atoms with Gasteiger partial charge in [0.05, 0.1) is 18.6 Å². The van der Waals surface area contributed by atoms with Gasteiger partial charge in [-0.2, -0.15) is 5.26 Å². The van der Waals surface area contributed by atoms with E-state index in [0.29, 0.717) is 6.42 Å². The van der Waals surface area contributed by atoms with Gasteiger partial charge in [-0.15, -0.1) is 0 Å². The van der Waals surface area contributed by atoms with Gasteiger partial charge in [0.2, 0.25) is 0 Å². The van der Waals surface area contributed by atoms with Crippen LogP contribution in [-0.2, 0) is 19.1 Å². The molecule has 0 heterocycles. The van der Waals surface area contributed by atoms with E-state index in [-0.39, 0.29) is 45.6 Å². The van der Waals surface area contributed by atoms with Gasteiger partial charge in [0.1, 0.15) is 5.41 Å². The first-order chi connectivity index (χ1) is 17.7. The minimum absolute atomic E-state index is 0.0295. The molecule has 2 unspecified atom stereocenters. The number of nitriles is 1. The highest BCUT2D eigenvalue weighted by molar-refractivity contribution is 5.98. The van der Waals surface area contributed by atoms with Gasteiger partial charge in [-0.3, -0.25) is 14.4 Å². The molecule has 0 spiro atoms. The summed E-state index contributed by atoms with van der Waals surface area (Å²) in [6.45, 7) is 19.5. The molecule has 0 bridgehead atoms. The molecule has 39 heavy (non-hydrogen) atoms. The van der Waals surface area contributed by atoms with E-state index in [1.165, 1.54) is 7.11 Å². The van der Waals surface area contributed by atoms with E-state index in [9.17, 15) is 19.6 Å². The minimum Gasteiger partial charge on any atom is -0.469 e. The summed E-state index contributed by atoms with van der Waals surface area (Å²) in [4.78, 5) is 41.9. The van der Waals surface area contributed by atoms with Crippen LogP contribution in [-0.4, -0.2) is 24.6 Å². The summed E-state index contributed by atoms with van der Waals surface area (Å²) in [6.07, 6.45) is 8.24. The fraction of sp³-hybridized carbons (Fsp3) is 0.824. The number of ketones is 2. The molecular formula is C34H49NO4. The maximum absolute atomic E-state index is 14.7. The van der Waals surface area contributed by atoms with Crippen LogP contribution in [0.15, 0.2) is 11.6 Å². The number of carbonyl (C=O) groups excluding carboxylic acids is 3. The number of nitrogens with zero attached hydrogens (tertiary/aromatic N) is 1. The second-order valence-corrected chi connectivity index (χ2v) is 16.7. The first-order valence-electron chi connectivity index (χ1n) is 15.1. The molecule has 5 rings (SSSR count). The highest BCUT2D eigenvalue weighted by atomic mass is 16.5. The van der Waals surface area contributed by atoms with Crippen molar-refractivity contribution >= 4 is 17.5 Å². The Morgan fingerprint density at radius 3 is 2.10 bits per heavy atom. The van der Waals surface area contributed by atoms with Gasteiger partial charge < -0.3 is 4.74 Å². The third-order valence-electron chi connectivity index (χ3n) is 13.8. The number of hydrogen-bond donors (Lipinski definition) is 0. The van der Waals surface area contributed by atoms with Crippen molar-refractivity contribution in [2.75, 3.05) is 7.11 Å². The van der Waals surface area contributed by atoms with Gasteiger partial charge in [0.25, 0.3) is 0 Å². The Kier molecular flexibility index (Phi) is 5.76. The molecule has 214 valence electrons. The lowest BCUT2D eigenvalue weighted by molar-refractivity contribution is -0.220. The molecule has 5 nitrogen and oxygen atoms in total. The summed E-state index contributed by atoms with van der Waals surface area (Å²) in [5, 5.41) is 10.2. The van der Waals surface area contributed by atoms with Crippen molar-refractivity contribution in [2.24, 2.45) is 55.2 Å². The minimum atomic E-state index is -1.08. The lowest BCUT2D eigenvalue weighted by atomic mass is 9.30. The lowest BCUT2D eigenvalue weighted by Crippen LogP contribution is -2.70. The maximum atomic E-state index is 14.7. The van der Waals surface area contributed by atoms with E-state index in [1.807, 2.05) is 19.9 Å². The predicted molar refractivity (Wildman–Crippen MR) is 150 cm³/mol. The number of ether oxygens (including phenoxy) is 1. The van der Waals surface area contributed by atoms with Crippen molar-refractivity contribution in [1.82, 2.24) is 0 Å². The zero-order valence-electron chi connectivity index (χ0n) is 26.0. The van der Waals surface area contributed by atoms with Gasteiger partial charge in [0.15, 0.2) is 11.6 Å². The largest absolute Gasteiger partial charge is 0.469 e. The molecule has 0 saturated heterocycles. The summed E-state index contributed by atoms with van der Waals surface area (Å²) in [7, 11) is 1.49. The highest BCUT2D eigenvalue weighted by Crippen LogP contribution is 2.78. The predicted octanol–water partition coefficient (Wildman–Crippen LogP) is 7.24. The molecule has 5 aliphatic rings. The van der Waals surface area contributed by atoms with Crippen LogP contribution in [0.4, 0.5) is 0 Å². The molecule has 8 atom stereocenters. The zero-order valence-corrected chi connectivity index (χ0v) is 26.0. The van der Waals surface area contributed by atoms with E-state index in [0.717, 1.165) is 50.5 Å². The van der Waals surface area contributed by atoms with Crippen molar-refractivity contribution < 1.29 is 19.1 Å². The summed E-state index contributed by atoms with van der Waals surface area (Å²) in [5.41, 5.74) is -2.75. The van der Waals surface area contributed by atoms with Gasteiger partial charge in [-0.05, 0) is 97.4 Å². The van der Waals surface area contributed by atoms with Gasteiger partial charge >= 0.3 is 5.97 Å². The van der Waals surface area contributed by atoms with E-state index in [4.69, 9.17) is 4.74 Å². The molecule has 0 aromatic carbocycles. The van der Waals surface area contributed by atoms with Crippen molar-refractivity contribution in [3.63, 3.8) is 0 Å². The van der Waals surface area contributed by atoms with Gasteiger partial charge in [-0.1, -0.05) is 61.0 Å². The quantitative estimate of drug-likeness (QED) is 0.330. The molecule has 5 aliphatic carbocycles. The van der Waals surface area contributed by atoms with Crippen molar-refractivity contribution in [1.29, 1.82) is 5.26 Å². The second kappa shape index (κ2) is 7.86. The number of methoxy groups -OCH3 is 1. The third kappa shape index (κ3) is 3.16. The van der Waals surface area contributed by atoms with Crippen molar-refractivity contribution in [3.05, 3.63) is 11.6 Å². The molecule has 0 amide bonds. The van der Waals surface area contributed by atoms with Crippen LogP contribution in [0.3, 0.4) is 0 Å². The number of hydrogen-bond acceptors (Lipinski definition) is 5. The SMILES string of the molecule is COC(=O)[C@]12CCC(C)(C)C[C@@]1(C)[C@H]1C(=O)C=C3[C@@]4(C)CC(C)(C#N)C(=O)C(C)(C)C4CC[C@@]3(C)[C@]1(C)CC2. The smallest absolute Gasteiger partial charge is 0.312 e. The average molecular weight is 536 g/mol. The molecule has 0 N–H and O–H groups in total. The highest BCUT2D eigenvalue weighted by Gasteiger charge is 2.75. The van der Waals surface area contributed by atoms with Crippen LogP contribution in [0.1, 0.15) is 114 Å². The first kappa shape index (κ1) is 28.6. The van der Waals surface area contributed by atoms with Crippen LogP contribution >= 0.6 is 0 Å². The number of esters is 1. The average Bonchev–Trinajstić information content (AvgIpc) is 2.83. The topological polar surface area (TPSA) is 84.2 Å². The zero-order chi connectivity index (χ0) is 29.2. The Balaban J connectivity index is 1.73. The Hall–Kier alpha value is -1.96. The van der Waals surface area contributed by atoms with Crippen LogP contribution in [0.2, 0.25) is 0 Å². The fourth-order valence-corrected chi connectivity index (χ4v) is 12.1. The fourth-order valence-electron chi connectivity index (χ4n) is 12.1. The number of carbonyl (C=O) groups is 3. The molecule has 5 heteroatoms. The monoisotopic (exact) mass is 535 g/mol. The van der Waals surface area contributed by atoms with Crippen LogP contribution in [0.25, 0.3) is 0 Å². The number of Topliss-reactive ketones (excluding diaryl/α,β-unsaturated/α-hetero) is 1. The van der Waals surface area contributed by atoms with Crippen molar-refractivity contribution in [3.8, 4) is 6.07 Å². The Morgan fingerprint density at radius 1 is 0.897 bits per heavy atom. The number of allylic oxidation sites excluding steroid dienone is 2. The van der Waals surface area contributed by atoms with E-state index in [1.54, 1.807) is 6.92 Å². The Bertz CT molecular complexity index is 1240. The normalized spacial score (nSPS) is 49.8. The standard InChI is InChI=1S/C34H49NO4/c1-27(2)13-15-34(26(38)39-10)16-14-32(8)24(33(34,9)18-27)21(36)17-23-30(6)19-29(5,20-35)25(37)28(3,4)22(30)11-12-31(23,32)7/h17,22,24H,11-16,18-19H2,1-10H3/t22?,24-,29?,30-,31+,32+,33-,34+/m0/s1. The second-order valence-electron chi connectivity index (χ2n) is 16.7. The molecular weight excluding hydrogens is 486 g/mol. The summed E-state index contributed by atoms with van der Waals surface area (Å²) >= 11 is 0. The maximum Gasteiger partial charge on any atom is 0.312 e. The molecule has 0 aromatic heterocycles. The van der Waals surface area contributed by atoms with Crippen LogP contribution in [0, 0.1) is 66.5 Å². The molecule has 4 fully saturated rings. The summed E-state index contributed by atoms with van der Waals surface area (Å²) in [5.74, 6) is -0.190. The lowest BCUT2D eigenvalue weighted by Gasteiger charge is -2.72. The third-order valence-corrected chi connectivity index (χ3v) is 13.8. The summed E-state index contributed by atoms with van der Waals surface area (Å²) < 4.78 is 5.49. The van der Waals surface area contributed by atoms with Gasteiger partial charge in [0, 0.05) is 11.3 Å². The Morgan fingerprint density at radius 2 is 1.51 bits per heavy atom.